The summed E-state index contributed by atoms with van der Waals surface area (Å²) in [4.78, 5) is 11.0. The summed E-state index contributed by atoms with van der Waals surface area (Å²) in [6, 6.07) is 0. The molecule has 4 atom stereocenters. The molecule has 0 spiro atoms. The topological polar surface area (TPSA) is 26.3 Å². The van der Waals surface area contributed by atoms with Crippen molar-refractivity contribution in [1.82, 2.24) is 0 Å². The lowest BCUT2D eigenvalue weighted by atomic mass is 9.75. The number of carbonyl (C=O) groups is 1. The molecule has 0 bridgehead atoms. The molecule has 0 aromatic heterocycles. The molecule has 1 heterocycles. The lowest BCUT2D eigenvalue weighted by molar-refractivity contribution is -0.190. The van der Waals surface area contributed by atoms with Crippen LogP contribution in [0.15, 0.2) is 24.3 Å². The van der Waals surface area contributed by atoms with E-state index < -0.39 is 0 Å². The first kappa shape index (κ1) is 10.5. The predicted octanol–water partition coefficient (Wildman–Crippen LogP) is 2.71. The minimum Gasteiger partial charge on any atom is -0.461 e. The Hall–Kier alpha value is -1.05. The highest BCUT2D eigenvalue weighted by atomic mass is 16.6. The van der Waals surface area contributed by atoms with E-state index in [-0.39, 0.29) is 18.0 Å². The number of hydrogen-bond acceptors (Lipinski definition) is 2. The normalized spacial score (nSPS) is 40.1. The Morgan fingerprint density at radius 1 is 1.53 bits per heavy atom. The summed E-state index contributed by atoms with van der Waals surface area (Å²) in [5.74, 6) is 1.12. The van der Waals surface area contributed by atoms with Crippen molar-refractivity contribution in [2.45, 2.75) is 32.8 Å². The summed E-state index contributed by atoms with van der Waals surface area (Å²) in [6.45, 7) is 7.99. The maximum atomic E-state index is 11.0. The summed E-state index contributed by atoms with van der Waals surface area (Å²) in [7, 11) is 0. The second kappa shape index (κ2) is 3.84. The van der Waals surface area contributed by atoms with Crippen LogP contribution in [0.3, 0.4) is 0 Å². The average Bonchev–Trinajstić information content (AvgIpc) is 2.25. The Balaban J connectivity index is 2.01. The largest absolute Gasteiger partial charge is 0.461 e. The molecule has 2 aliphatic rings. The number of carbonyl (C=O) groups excluding carboxylic acids is 1. The molecular formula is C13H18O2. The van der Waals surface area contributed by atoms with Crippen LogP contribution in [0.2, 0.25) is 0 Å². The Morgan fingerprint density at radius 2 is 2.27 bits per heavy atom. The van der Waals surface area contributed by atoms with Crippen molar-refractivity contribution in [3.8, 4) is 0 Å². The van der Waals surface area contributed by atoms with Crippen molar-refractivity contribution in [1.29, 1.82) is 0 Å². The van der Waals surface area contributed by atoms with E-state index >= 15 is 0 Å². The Morgan fingerprint density at radius 3 is 2.73 bits per heavy atom. The van der Waals surface area contributed by atoms with Gasteiger partial charge in [0.25, 0.3) is 0 Å². The Kier molecular flexibility index (Phi) is 2.68. The average molecular weight is 206 g/mol. The van der Waals surface area contributed by atoms with Crippen LogP contribution in [0.5, 0.6) is 0 Å². The summed E-state index contributed by atoms with van der Waals surface area (Å²) in [6.07, 6.45) is 6.47. The highest BCUT2D eigenvalue weighted by Gasteiger charge is 2.44. The fraction of sp³-hybridized carbons (Fsp3) is 0.615. The minimum absolute atomic E-state index is 0.0360. The third kappa shape index (κ3) is 1.73. The summed E-state index contributed by atoms with van der Waals surface area (Å²) >= 11 is 0. The van der Waals surface area contributed by atoms with Gasteiger partial charge in [0.1, 0.15) is 6.10 Å². The number of ether oxygens (including phenoxy) is 1. The Bertz CT molecular complexity index is 316. The van der Waals surface area contributed by atoms with E-state index in [1.165, 1.54) is 5.57 Å². The molecule has 0 aromatic carbocycles. The van der Waals surface area contributed by atoms with Gasteiger partial charge >= 0.3 is 5.97 Å². The molecule has 1 aliphatic heterocycles. The zero-order valence-corrected chi connectivity index (χ0v) is 9.40. The van der Waals surface area contributed by atoms with Crippen molar-refractivity contribution in [3.63, 3.8) is 0 Å². The van der Waals surface area contributed by atoms with Crippen molar-refractivity contribution in [2.24, 2.45) is 17.8 Å². The monoisotopic (exact) mass is 206 g/mol. The van der Waals surface area contributed by atoms with Gasteiger partial charge in [0.2, 0.25) is 0 Å². The van der Waals surface area contributed by atoms with E-state index in [0.717, 1.165) is 12.8 Å². The van der Waals surface area contributed by atoms with Crippen LogP contribution in [0.1, 0.15) is 26.7 Å². The summed E-state index contributed by atoms with van der Waals surface area (Å²) in [5.41, 5.74) is 1.34. The lowest BCUT2D eigenvalue weighted by Crippen LogP contribution is -2.48. The smallest absolute Gasteiger partial charge is 0.312 e. The number of rotatable bonds is 2. The fourth-order valence-corrected chi connectivity index (χ4v) is 2.64. The van der Waals surface area contributed by atoms with E-state index in [1.54, 1.807) is 0 Å². The van der Waals surface area contributed by atoms with Gasteiger partial charge in [0.05, 0.1) is 5.92 Å². The van der Waals surface area contributed by atoms with Gasteiger partial charge in [-0.1, -0.05) is 25.7 Å². The zero-order chi connectivity index (χ0) is 11.0. The third-order valence-electron chi connectivity index (χ3n) is 3.70. The molecule has 1 fully saturated rings. The number of allylic oxidation sites excluding steroid dienone is 3. The first-order valence-electron chi connectivity index (χ1n) is 5.66. The molecule has 0 saturated carbocycles. The molecule has 2 unspecified atom stereocenters. The van der Waals surface area contributed by atoms with Crippen LogP contribution in [0, 0.1) is 17.8 Å². The summed E-state index contributed by atoms with van der Waals surface area (Å²) in [5, 5.41) is 0. The van der Waals surface area contributed by atoms with Gasteiger partial charge in [-0.2, -0.15) is 0 Å². The number of cyclic esters (lactones) is 1. The van der Waals surface area contributed by atoms with E-state index in [4.69, 9.17) is 4.74 Å². The standard InChI is InChI=1S/C13H18O2/c1-4-10-5-6-11(7-8(10)2)12-9(3)13(14)15-12/h4-5,8-9,11-12H,1,6-7H2,2-3H3/t8?,9-,11?,12-/m0/s1. The van der Waals surface area contributed by atoms with E-state index in [1.807, 2.05) is 13.0 Å². The van der Waals surface area contributed by atoms with Crippen LogP contribution in [-0.4, -0.2) is 12.1 Å². The van der Waals surface area contributed by atoms with E-state index in [2.05, 4.69) is 19.6 Å². The Labute approximate surface area is 91.0 Å². The van der Waals surface area contributed by atoms with Crippen LogP contribution < -0.4 is 0 Å². The van der Waals surface area contributed by atoms with Crippen LogP contribution in [-0.2, 0) is 9.53 Å². The SMILES string of the molecule is C=CC1=CCC([C@H]2OC(=O)[C@H]2C)CC1C. The van der Waals surface area contributed by atoms with Gasteiger partial charge in [-0.25, -0.2) is 0 Å². The maximum absolute atomic E-state index is 11.0. The van der Waals surface area contributed by atoms with Crippen LogP contribution in [0.4, 0.5) is 0 Å². The van der Waals surface area contributed by atoms with Gasteiger partial charge in [0.15, 0.2) is 0 Å². The molecule has 82 valence electrons. The molecule has 15 heavy (non-hydrogen) atoms. The first-order valence-corrected chi connectivity index (χ1v) is 5.66. The molecule has 2 heteroatoms. The fourth-order valence-electron chi connectivity index (χ4n) is 2.64. The molecule has 0 radical (unpaired) electrons. The van der Waals surface area contributed by atoms with Gasteiger partial charge in [-0.3, -0.25) is 4.79 Å². The second-order valence-corrected chi connectivity index (χ2v) is 4.73. The van der Waals surface area contributed by atoms with Crippen LogP contribution in [0.25, 0.3) is 0 Å². The van der Waals surface area contributed by atoms with Gasteiger partial charge in [-0.15, -0.1) is 0 Å². The second-order valence-electron chi connectivity index (χ2n) is 4.73. The number of esters is 1. The molecule has 1 saturated heterocycles. The molecular weight excluding hydrogens is 188 g/mol. The minimum atomic E-state index is -0.0360. The lowest BCUT2D eigenvalue weighted by Gasteiger charge is -2.40. The quantitative estimate of drug-likeness (QED) is 0.649. The highest BCUT2D eigenvalue weighted by Crippen LogP contribution is 2.38. The van der Waals surface area contributed by atoms with Gasteiger partial charge in [0, 0.05) is 5.92 Å². The van der Waals surface area contributed by atoms with E-state index in [0.29, 0.717) is 11.8 Å². The van der Waals surface area contributed by atoms with Gasteiger partial charge in [-0.05, 0) is 31.3 Å². The molecule has 1 aliphatic carbocycles. The van der Waals surface area contributed by atoms with Crippen molar-refractivity contribution < 1.29 is 9.53 Å². The molecule has 0 aromatic rings. The van der Waals surface area contributed by atoms with Crippen molar-refractivity contribution in [2.75, 3.05) is 0 Å². The zero-order valence-electron chi connectivity index (χ0n) is 9.40. The summed E-state index contributed by atoms with van der Waals surface area (Å²) < 4.78 is 5.21. The van der Waals surface area contributed by atoms with Crippen molar-refractivity contribution in [3.05, 3.63) is 24.3 Å². The van der Waals surface area contributed by atoms with Crippen molar-refractivity contribution >= 4 is 5.97 Å². The molecule has 0 amide bonds. The third-order valence-corrected chi connectivity index (χ3v) is 3.70. The first-order chi connectivity index (χ1) is 7.13. The van der Waals surface area contributed by atoms with Gasteiger partial charge < -0.3 is 4.74 Å². The molecule has 2 rings (SSSR count). The predicted molar refractivity (Wildman–Crippen MR) is 59.2 cm³/mol. The molecule has 2 nitrogen and oxygen atoms in total. The number of hydrogen-bond donors (Lipinski definition) is 0. The van der Waals surface area contributed by atoms with Crippen LogP contribution >= 0.6 is 0 Å². The molecule has 0 N–H and O–H groups in total. The highest BCUT2D eigenvalue weighted by molar-refractivity contribution is 5.78. The van der Waals surface area contributed by atoms with E-state index in [9.17, 15) is 4.79 Å². The maximum Gasteiger partial charge on any atom is 0.312 e.